The molecule has 0 aliphatic rings. The van der Waals surface area contributed by atoms with Crippen LogP contribution in [0.25, 0.3) is 0 Å². The van der Waals surface area contributed by atoms with E-state index in [1.807, 2.05) is 14.1 Å². The van der Waals surface area contributed by atoms with Crippen molar-refractivity contribution >= 4 is 11.6 Å². The average Bonchev–Trinajstić information content (AvgIpc) is 2.19. The second kappa shape index (κ2) is 5.14. The molecule has 0 aromatic heterocycles. The Morgan fingerprint density at radius 3 is 2.47 bits per heavy atom. The molecule has 0 atom stereocenters. The number of benzene rings is 1. The second-order valence-electron chi connectivity index (χ2n) is 3.28. The maximum Gasteiger partial charge on any atom is 0.249 e. The van der Waals surface area contributed by atoms with Gasteiger partial charge in [0.1, 0.15) is 5.82 Å². The molecule has 0 aliphatic heterocycles. The first kappa shape index (κ1) is 11.2. The van der Waals surface area contributed by atoms with Crippen molar-refractivity contribution in [2.24, 2.45) is 0 Å². The molecule has 80 valence electrons. The number of rotatable bonds is 3. The van der Waals surface area contributed by atoms with Gasteiger partial charge in [0.05, 0.1) is 0 Å². The second-order valence-corrected chi connectivity index (χ2v) is 3.28. The lowest BCUT2D eigenvalue weighted by Gasteiger charge is -2.04. The fourth-order valence-electron chi connectivity index (χ4n) is 0.934. The molecule has 1 aromatic rings. The highest BCUT2D eigenvalue weighted by Gasteiger charge is 1.97. The summed E-state index contributed by atoms with van der Waals surface area (Å²) in [6, 6.07) is 5.62. The Morgan fingerprint density at radius 1 is 1.33 bits per heavy atom. The Morgan fingerprint density at radius 2 is 1.93 bits per heavy atom. The van der Waals surface area contributed by atoms with Gasteiger partial charge in [-0.15, -0.1) is 0 Å². The normalized spacial score (nSPS) is 10.3. The highest BCUT2D eigenvalue weighted by Crippen LogP contribution is 2.07. The van der Waals surface area contributed by atoms with Crippen LogP contribution in [0.2, 0.25) is 0 Å². The SMILES string of the molecule is CN(C)C=CC(=O)Nc1ccc(F)cc1. The number of carbonyl (C=O) groups excluding carboxylic acids is 1. The third-order valence-corrected chi connectivity index (χ3v) is 1.64. The zero-order chi connectivity index (χ0) is 11.3. The minimum absolute atomic E-state index is 0.240. The van der Waals surface area contributed by atoms with Crippen LogP contribution in [-0.2, 0) is 4.79 Å². The predicted molar refractivity (Wildman–Crippen MR) is 57.9 cm³/mol. The molecule has 1 amide bonds. The molecule has 4 heteroatoms. The van der Waals surface area contributed by atoms with Crippen LogP contribution >= 0.6 is 0 Å². The number of hydrogen-bond donors (Lipinski definition) is 1. The van der Waals surface area contributed by atoms with E-state index in [9.17, 15) is 9.18 Å². The number of hydrogen-bond acceptors (Lipinski definition) is 2. The summed E-state index contributed by atoms with van der Waals surface area (Å²) in [5, 5.41) is 2.61. The van der Waals surface area contributed by atoms with Crippen LogP contribution in [0, 0.1) is 5.82 Å². The summed E-state index contributed by atoms with van der Waals surface area (Å²) in [4.78, 5) is 13.0. The standard InChI is InChI=1S/C11H13FN2O/c1-14(2)8-7-11(15)13-10-5-3-9(12)4-6-10/h3-8H,1-2H3,(H,13,15). The van der Waals surface area contributed by atoms with Crippen LogP contribution in [-0.4, -0.2) is 24.9 Å². The van der Waals surface area contributed by atoms with Gasteiger partial charge >= 0.3 is 0 Å². The smallest absolute Gasteiger partial charge is 0.249 e. The van der Waals surface area contributed by atoms with Gasteiger partial charge < -0.3 is 10.2 Å². The molecule has 15 heavy (non-hydrogen) atoms. The Hall–Kier alpha value is -1.84. The third-order valence-electron chi connectivity index (χ3n) is 1.64. The summed E-state index contributed by atoms with van der Waals surface area (Å²) in [6.07, 6.45) is 3.04. The first-order chi connectivity index (χ1) is 7.08. The van der Waals surface area contributed by atoms with E-state index in [2.05, 4.69) is 5.32 Å². The van der Waals surface area contributed by atoms with Gasteiger partial charge in [0, 0.05) is 32.1 Å². The van der Waals surface area contributed by atoms with Gasteiger partial charge in [-0.1, -0.05) is 0 Å². The molecule has 0 heterocycles. The molecule has 0 spiro atoms. The molecule has 0 unspecified atom stereocenters. The quantitative estimate of drug-likeness (QED) is 0.769. The summed E-state index contributed by atoms with van der Waals surface area (Å²) in [7, 11) is 3.64. The van der Waals surface area contributed by atoms with E-state index in [4.69, 9.17) is 0 Å². The molecule has 1 N–H and O–H groups in total. The van der Waals surface area contributed by atoms with Crippen LogP contribution in [0.4, 0.5) is 10.1 Å². The zero-order valence-corrected chi connectivity index (χ0v) is 8.70. The van der Waals surface area contributed by atoms with Crippen molar-refractivity contribution in [3.63, 3.8) is 0 Å². The molecule has 0 saturated heterocycles. The van der Waals surface area contributed by atoms with Crippen LogP contribution < -0.4 is 5.32 Å². The summed E-state index contributed by atoms with van der Waals surface area (Å²) in [5.74, 6) is -0.563. The molecule has 1 aromatic carbocycles. The number of carbonyl (C=O) groups is 1. The van der Waals surface area contributed by atoms with Crippen molar-refractivity contribution in [1.82, 2.24) is 4.90 Å². The van der Waals surface area contributed by atoms with E-state index in [0.29, 0.717) is 5.69 Å². The third kappa shape index (κ3) is 4.26. The zero-order valence-electron chi connectivity index (χ0n) is 8.70. The minimum Gasteiger partial charge on any atom is -0.383 e. The van der Waals surface area contributed by atoms with Crippen molar-refractivity contribution in [3.8, 4) is 0 Å². The summed E-state index contributed by atoms with van der Waals surface area (Å²) in [5.41, 5.74) is 0.574. The average molecular weight is 208 g/mol. The Balaban J connectivity index is 2.55. The topological polar surface area (TPSA) is 32.3 Å². The fraction of sp³-hybridized carbons (Fsp3) is 0.182. The maximum absolute atomic E-state index is 12.5. The van der Waals surface area contributed by atoms with Crippen molar-refractivity contribution < 1.29 is 9.18 Å². The van der Waals surface area contributed by atoms with Crippen LogP contribution in [0.5, 0.6) is 0 Å². The maximum atomic E-state index is 12.5. The first-order valence-electron chi connectivity index (χ1n) is 4.49. The number of amides is 1. The molecule has 0 bridgehead atoms. The van der Waals surface area contributed by atoms with Crippen molar-refractivity contribution in [1.29, 1.82) is 0 Å². The number of anilines is 1. The molecule has 1 rings (SSSR count). The Bertz CT molecular complexity index is 357. The fourth-order valence-corrected chi connectivity index (χ4v) is 0.934. The van der Waals surface area contributed by atoms with E-state index in [1.165, 1.54) is 30.3 Å². The minimum atomic E-state index is -0.322. The molecular weight excluding hydrogens is 195 g/mol. The lowest BCUT2D eigenvalue weighted by molar-refractivity contribution is -0.112. The molecule has 0 aliphatic carbocycles. The number of halogens is 1. The van der Waals surface area contributed by atoms with Crippen molar-refractivity contribution in [2.75, 3.05) is 19.4 Å². The van der Waals surface area contributed by atoms with E-state index in [-0.39, 0.29) is 11.7 Å². The Kier molecular flexibility index (Phi) is 3.85. The molecule has 0 radical (unpaired) electrons. The van der Waals surface area contributed by atoms with Crippen molar-refractivity contribution in [3.05, 3.63) is 42.4 Å². The molecule has 0 saturated carbocycles. The largest absolute Gasteiger partial charge is 0.383 e. The van der Waals surface area contributed by atoms with Crippen molar-refractivity contribution in [2.45, 2.75) is 0 Å². The van der Waals surface area contributed by atoms with Gasteiger partial charge in [-0.2, -0.15) is 0 Å². The first-order valence-corrected chi connectivity index (χ1v) is 4.49. The highest BCUT2D eigenvalue weighted by atomic mass is 19.1. The predicted octanol–water partition coefficient (Wildman–Crippen LogP) is 1.84. The summed E-state index contributed by atoms with van der Waals surface area (Å²) in [6.45, 7) is 0. The van der Waals surface area contributed by atoms with Gasteiger partial charge in [-0.25, -0.2) is 4.39 Å². The summed E-state index contributed by atoms with van der Waals surface area (Å²) < 4.78 is 12.5. The van der Waals surface area contributed by atoms with Gasteiger partial charge in [0.25, 0.3) is 0 Å². The van der Waals surface area contributed by atoms with Gasteiger partial charge in [0.15, 0.2) is 0 Å². The lowest BCUT2D eigenvalue weighted by Crippen LogP contribution is -2.10. The number of nitrogens with one attached hydrogen (secondary N) is 1. The van der Waals surface area contributed by atoms with Crippen LogP contribution in [0.1, 0.15) is 0 Å². The monoisotopic (exact) mass is 208 g/mol. The van der Waals surface area contributed by atoms with E-state index >= 15 is 0 Å². The molecule has 3 nitrogen and oxygen atoms in total. The van der Waals surface area contributed by atoms with Gasteiger partial charge in [-0.05, 0) is 24.3 Å². The van der Waals surface area contributed by atoms with E-state index < -0.39 is 0 Å². The molecular formula is C11H13FN2O. The van der Waals surface area contributed by atoms with E-state index in [0.717, 1.165) is 0 Å². The van der Waals surface area contributed by atoms with Crippen LogP contribution in [0.15, 0.2) is 36.5 Å². The van der Waals surface area contributed by atoms with E-state index in [1.54, 1.807) is 11.1 Å². The van der Waals surface area contributed by atoms with Gasteiger partial charge in [-0.3, -0.25) is 4.79 Å². The molecule has 0 fully saturated rings. The lowest BCUT2D eigenvalue weighted by atomic mass is 10.3. The summed E-state index contributed by atoms with van der Waals surface area (Å²) >= 11 is 0. The highest BCUT2D eigenvalue weighted by molar-refractivity contribution is 5.99. The van der Waals surface area contributed by atoms with Crippen LogP contribution in [0.3, 0.4) is 0 Å². The van der Waals surface area contributed by atoms with Gasteiger partial charge in [0.2, 0.25) is 5.91 Å². The Labute approximate surface area is 88.2 Å². The number of nitrogens with zero attached hydrogens (tertiary/aromatic N) is 1.